The number of aliphatic imine (C=N–C) groups is 1. The van der Waals surface area contributed by atoms with Crippen LogP contribution in [0.2, 0.25) is 0 Å². The van der Waals surface area contributed by atoms with Gasteiger partial charge in [-0.2, -0.15) is 0 Å². The number of aromatic nitrogens is 3. The van der Waals surface area contributed by atoms with Gasteiger partial charge < -0.3 is 10.6 Å². The molecule has 2 N–H and O–H groups in total. The molecule has 0 bridgehead atoms. The van der Waals surface area contributed by atoms with Gasteiger partial charge in [-0.15, -0.1) is 34.2 Å². The van der Waals surface area contributed by atoms with Gasteiger partial charge in [-0.1, -0.05) is 36.4 Å². The molecule has 7 nitrogen and oxygen atoms in total. The second kappa shape index (κ2) is 11.4. The van der Waals surface area contributed by atoms with Gasteiger partial charge in [0.1, 0.15) is 5.82 Å². The molecule has 3 heterocycles. The lowest BCUT2D eigenvalue weighted by molar-refractivity contribution is 0.258. The number of halogens is 1. The maximum atomic E-state index is 4.41. The third-order valence-electron chi connectivity index (χ3n) is 5.75. The third-order valence-corrected chi connectivity index (χ3v) is 5.75. The summed E-state index contributed by atoms with van der Waals surface area (Å²) >= 11 is 0. The van der Waals surface area contributed by atoms with E-state index >= 15 is 0 Å². The molecule has 4 rings (SSSR count). The van der Waals surface area contributed by atoms with Crippen LogP contribution in [0.15, 0.2) is 59.7 Å². The molecule has 0 aliphatic carbocycles. The molecule has 31 heavy (non-hydrogen) atoms. The highest BCUT2D eigenvalue weighted by Crippen LogP contribution is 2.20. The highest BCUT2D eigenvalue weighted by molar-refractivity contribution is 14.0. The monoisotopic (exact) mass is 533 g/mol. The summed E-state index contributed by atoms with van der Waals surface area (Å²) in [5.74, 6) is 1.87. The van der Waals surface area contributed by atoms with Gasteiger partial charge in [-0.3, -0.25) is 14.3 Å². The van der Waals surface area contributed by atoms with Gasteiger partial charge >= 0.3 is 0 Å². The fourth-order valence-corrected chi connectivity index (χ4v) is 4.14. The number of guanidine groups is 1. The van der Waals surface area contributed by atoms with Gasteiger partial charge in [0, 0.05) is 51.4 Å². The normalized spacial score (nSPS) is 19.4. The molecule has 0 saturated carbocycles. The summed E-state index contributed by atoms with van der Waals surface area (Å²) in [4.78, 5) is 6.95. The minimum absolute atomic E-state index is 0. The Morgan fingerprint density at radius 1 is 1.13 bits per heavy atom. The Hall–Kier alpha value is -2.20. The Kier molecular flexibility index (Phi) is 8.65. The number of nitrogens with zero attached hydrogens (tertiary/aromatic N) is 5. The van der Waals surface area contributed by atoms with Crippen molar-refractivity contribution in [1.82, 2.24) is 30.1 Å². The number of fused-ring (bicyclic) bond motifs is 1. The predicted molar refractivity (Wildman–Crippen MR) is 136 cm³/mol. The number of rotatable bonds is 7. The number of hydrogen-bond donors (Lipinski definition) is 2. The lowest BCUT2D eigenvalue weighted by Crippen LogP contribution is -2.44. The molecule has 2 aromatic heterocycles. The molecule has 1 fully saturated rings. The van der Waals surface area contributed by atoms with Crippen LogP contribution in [-0.4, -0.2) is 57.7 Å². The fourth-order valence-electron chi connectivity index (χ4n) is 4.14. The number of aryl methyl sites for hydroxylation is 1. The summed E-state index contributed by atoms with van der Waals surface area (Å²) in [5, 5.41) is 15.6. The Labute approximate surface area is 201 Å². The van der Waals surface area contributed by atoms with Crippen molar-refractivity contribution < 1.29 is 0 Å². The van der Waals surface area contributed by atoms with Crippen molar-refractivity contribution in [3.05, 3.63) is 66.1 Å². The highest BCUT2D eigenvalue weighted by atomic mass is 127. The molecule has 8 heteroatoms. The van der Waals surface area contributed by atoms with Crippen LogP contribution in [0, 0.1) is 0 Å². The summed E-state index contributed by atoms with van der Waals surface area (Å²) in [7, 11) is 1.83. The molecule has 1 aliphatic heterocycles. The van der Waals surface area contributed by atoms with Gasteiger partial charge in [0.15, 0.2) is 11.6 Å². The number of hydrogen-bond acceptors (Lipinski definition) is 4. The van der Waals surface area contributed by atoms with Crippen molar-refractivity contribution in [3.63, 3.8) is 0 Å². The summed E-state index contributed by atoms with van der Waals surface area (Å²) in [5.41, 5.74) is 2.27. The number of benzene rings is 1. The smallest absolute Gasteiger partial charge is 0.191 e. The van der Waals surface area contributed by atoms with E-state index in [0.29, 0.717) is 12.1 Å². The molecular weight excluding hydrogens is 501 g/mol. The molecule has 3 aromatic rings. The average Bonchev–Trinajstić information content (AvgIpc) is 3.34. The zero-order chi connectivity index (χ0) is 20.8. The molecule has 1 saturated heterocycles. The van der Waals surface area contributed by atoms with E-state index in [2.05, 4.69) is 68.0 Å². The van der Waals surface area contributed by atoms with Crippen LogP contribution >= 0.6 is 24.0 Å². The Morgan fingerprint density at radius 2 is 1.94 bits per heavy atom. The second-order valence-electron chi connectivity index (χ2n) is 7.99. The van der Waals surface area contributed by atoms with Crippen LogP contribution in [0.4, 0.5) is 0 Å². The van der Waals surface area contributed by atoms with E-state index in [9.17, 15) is 0 Å². The van der Waals surface area contributed by atoms with Gasteiger partial charge in [-0.25, -0.2) is 0 Å². The zero-order valence-electron chi connectivity index (χ0n) is 18.2. The molecule has 2 atom stereocenters. The predicted octanol–water partition coefficient (Wildman–Crippen LogP) is 3.11. The van der Waals surface area contributed by atoms with Gasteiger partial charge in [0.25, 0.3) is 0 Å². The summed E-state index contributed by atoms with van der Waals surface area (Å²) in [6.45, 7) is 5.18. The standard InChI is InChI=1S/C23H31N7.HI/c1-18-15-20(17-29(18)16-19-9-4-3-5-10-19)26-23(24-2)25-13-8-12-22-28-27-21-11-6-7-14-30(21)22;/h3-7,9-11,14,18,20H,8,12-13,15-17H2,1-2H3,(H2,24,25,26);1H. The molecule has 2 unspecified atom stereocenters. The second-order valence-corrected chi connectivity index (χ2v) is 7.99. The minimum atomic E-state index is 0. The zero-order valence-corrected chi connectivity index (χ0v) is 20.6. The Balaban J connectivity index is 0.00000272. The fraction of sp³-hybridized carbons (Fsp3) is 0.435. The highest BCUT2D eigenvalue weighted by Gasteiger charge is 2.29. The third kappa shape index (κ3) is 6.16. The van der Waals surface area contributed by atoms with Crippen molar-refractivity contribution in [2.24, 2.45) is 4.99 Å². The first-order valence-corrected chi connectivity index (χ1v) is 10.8. The average molecular weight is 533 g/mol. The molecule has 0 amide bonds. The molecule has 0 radical (unpaired) electrons. The van der Waals surface area contributed by atoms with E-state index in [-0.39, 0.29) is 24.0 Å². The van der Waals surface area contributed by atoms with Crippen LogP contribution in [0.25, 0.3) is 5.65 Å². The lowest BCUT2D eigenvalue weighted by atomic mass is 10.2. The van der Waals surface area contributed by atoms with Crippen molar-refractivity contribution in [3.8, 4) is 0 Å². The van der Waals surface area contributed by atoms with Crippen LogP contribution < -0.4 is 10.6 Å². The Bertz CT molecular complexity index is 972. The topological polar surface area (TPSA) is 69.8 Å². The van der Waals surface area contributed by atoms with E-state index in [1.807, 2.05) is 35.8 Å². The SMILES string of the molecule is CN=C(NCCCc1nnc2ccccn12)NC1CC(C)N(Cc2ccccc2)C1.I. The first-order valence-electron chi connectivity index (χ1n) is 10.8. The van der Waals surface area contributed by atoms with Crippen LogP contribution in [0.3, 0.4) is 0 Å². The maximum absolute atomic E-state index is 4.41. The molecule has 166 valence electrons. The molecule has 1 aliphatic rings. The molecular formula is C23H32IN7. The van der Waals surface area contributed by atoms with E-state index < -0.39 is 0 Å². The van der Waals surface area contributed by atoms with Gasteiger partial charge in [0.05, 0.1) is 0 Å². The van der Waals surface area contributed by atoms with Gasteiger partial charge in [0.2, 0.25) is 0 Å². The summed E-state index contributed by atoms with van der Waals surface area (Å²) in [6.07, 6.45) is 4.98. The van der Waals surface area contributed by atoms with Crippen molar-refractivity contribution in [2.75, 3.05) is 20.1 Å². The number of likely N-dealkylation sites (tertiary alicyclic amines) is 1. The number of nitrogens with one attached hydrogen (secondary N) is 2. The molecule has 0 spiro atoms. The minimum Gasteiger partial charge on any atom is -0.356 e. The summed E-state index contributed by atoms with van der Waals surface area (Å²) < 4.78 is 2.05. The van der Waals surface area contributed by atoms with Gasteiger partial charge in [-0.05, 0) is 37.5 Å². The van der Waals surface area contributed by atoms with E-state index in [0.717, 1.165) is 56.3 Å². The van der Waals surface area contributed by atoms with Crippen LogP contribution in [0.1, 0.15) is 31.2 Å². The first kappa shape index (κ1) is 23.5. The van der Waals surface area contributed by atoms with Crippen LogP contribution in [-0.2, 0) is 13.0 Å². The van der Waals surface area contributed by atoms with Crippen LogP contribution in [0.5, 0.6) is 0 Å². The van der Waals surface area contributed by atoms with E-state index in [1.54, 1.807) is 0 Å². The Morgan fingerprint density at radius 3 is 2.74 bits per heavy atom. The van der Waals surface area contributed by atoms with E-state index in [4.69, 9.17) is 0 Å². The first-order chi connectivity index (χ1) is 14.7. The summed E-state index contributed by atoms with van der Waals surface area (Å²) in [6, 6.07) is 17.6. The number of pyridine rings is 1. The quantitative estimate of drug-likeness (QED) is 0.212. The maximum Gasteiger partial charge on any atom is 0.191 e. The van der Waals surface area contributed by atoms with Crippen molar-refractivity contribution in [2.45, 2.75) is 44.8 Å². The molecule has 1 aromatic carbocycles. The lowest BCUT2D eigenvalue weighted by Gasteiger charge is -2.21. The van der Waals surface area contributed by atoms with Crippen molar-refractivity contribution >= 4 is 35.6 Å². The largest absolute Gasteiger partial charge is 0.356 e. The van der Waals surface area contributed by atoms with Crippen molar-refractivity contribution in [1.29, 1.82) is 0 Å². The van der Waals surface area contributed by atoms with E-state index in [1.165, 1.54) is 5.56 Å².